The number of carbonyl (C=O) groups is 1. The Morgan fingerprint density at radius 2 is 1.86 bits per heavy atom. The highest BCUT2D eigenvalue weighted by atomic mass is 16.5. The molecule has 2 aromatic rings. The maximum absolute atomic E-state index is 11.4. The van der Waals surface area contributed by atoms with E-state index in [1.807, 2.05) is 0 Å². The predicted octanol–water partition coefficient (Wildman–Crippen LogP) is 2.61. The van der Waals surface area contributed by atoms with Gasteiger partial charge in [-0.25, -0.2) is 4.79 Å². The summed E-state index contributed by atoms with van der Waals surface area (Å²) < 4.78 is 5.01. The molecular weight excluding hydrogens is 270 g/mol. The molecule has 2 aromatic carbocycles. The molecule has 0 saturated heterocycles. The van der Waals surface area contributed by atoms with E-state index in [1.54, 1.807) is 42.5 Å². The van der Waals surface area contributed by atoms with E-state index < -0.39 is 5.97 Å². The number of carboxylic acid groups (broad SMARTS) is 1. The molecule has 0 spiro atoms. The highest BCUT2D eigenvalue weighted by Crippen LogP contribution is 2.32. The summed E-state index contributed by atoms with van der Waals surface area (Å²) >= 11 is 0. The van der Waals surface area contributed by atoms with Crippen LogP contribution in [0, 0.1) is 0 Å². The zero-order valence-electron chi connectivity index (χ0n) is 11.4. The number of phenolic OH excluding ortho intramolecular Hbond substituents is 1. The van der Waals surface area contributed by atoms with E-state index in [-0.39, 0.29) is 17.1 Å². The molecule has 0 saturated carbocycles. The lowest BCUT2D eigenvalue weighted by atomic mass is 10.0. The smallest absolute Gasteiger partial charge is 0.336 e. The number of para-hydroxylation sites is 1. The van der Waals surface area contributed by atoms with Crippen LogP contribution < -0.4 is 10.5 Å². The van der Waals surface area contributed by atoms with Crippen molar-refractivity contribution in [2.24, 2.45) is 0 Å². The van der Waals surface area contributed by atoms with E-state index in [1.165, 1.54) is 13.2 Å². The van der Waals surface area contributed by atoms with Gasteiger partial charge >= 0.3 is 5.97 Å². The van der Waals surface area contributed by atoms with Crippen molar-refractivity contribution in [1.29, 1.82) is 0 Å². The molecule has 0 bridgehead atoms. The van der Waals surface area contributed by atoms with Crippen LogP contribution in [0.25, 0.3) is 11.6 Å². The zero-order chi connectivity index (χ0) is 15.4. The maximum atomic E-state index is 11.4. The molecule has 5 heteroatoms. The Labute approximate surface area is 121 Å². The molecule has 0 fully saturated rings. The number of phenols is 1. The molecule has 0 radical (unpaired) electrons. The molecule has 108 valence electrons. The fraction of sp³-hybridized carbons (Fsp3) is 0.0625. The fourth-order valence-corrected chi connectivity index (χ4v) is 1.91. The molecule has 0 aromatic heterocycles. The maximum Gasteiger partial charge on any atom is 0.336 e. The molecule has 2 rings (SSSR count). The summed E-state index contributed by atoms with van der Waals surface area (Å²) in [5.74, 6) is -0.915. The number of methoxy groups -OCH3 is 1. The van der Waals surface area contributed by atoms with E-state index in [4.69, 9.17) is 10.5 Å². The van der Waals surface area contributed by atoms with Crippen molar-refractivity contribution in [2.75, 3.05) is 12.8 Å². The Hall–Kier alpha value is -2.95. The van der Waals surface area contributed by atoms with Gasteiger partial charge in [-0.3, -0.25) is 0 Å². The lowest BCUT2D eigenvalue weighted by molar-refractivity contribution is -0.130. The number of rotatable bonds is 4. The number of aromatic hydroxyl groups is 1. The lowest BCUT2D eigenvalue weighted by Crippen LogP contribution is -2.00. The molecule has 0 unspecified atom stereocenters. The second kappa shape index (κ2) is 6.00. The first-order chi connectivity index (χ1) is 10.0. The SMILES string of the molecule is COc1cccc(/C=C(\C(=O)O)c2ccc(N)cc2)c1O. The summed E-state index contributed by atoms with van der Waals surface area (Å²) in [4.78, 5) is 11.4. The minimum atomic E-state index is -1.10. The van der Waals surface area contributed by atoms with Crippen LogP contribution >= 0.6 is 0 Å². The number of carboxylic acids is 1. The molecule has 4 N–H and O–H groups in total. The van der Waals surface area contributed by atoms with Crippen LogP contribution in [0.2, 0.25) is 0 Å². The number of aliphatic carboxylic acids is 1. The van der Waals surface area contributed by atoms with Crippen molar-refractivity contribution in [3.8, 4) is 11.5 Å². The standard InChI is InChI=1S/C16H15NO4/c1-21-14-4-2-3-11(15(14)18)9-13(16(19)20)10-5-7-12(17)8-6-10/h2-9,18H,17H2,1H3,(H,19,20)/b13-9-. The van der Waals surface area contributed by atoms with Crippen LogP contribution in [0.1, 0.15) is 11.1 Å². The summed E-state index contributed by atoms with van der Waals surface area (Å²) in [6.45, 7) is 0. The monoisotopic (exact) mass is 285 g/mol. The van der Waals surface area contributed by atoms with E-state index >= 15 is 0 Å². The minimum Gasteiger partial charge on any atom is -0.504 e. The number of nitrogens with two attached hydrogens (primary N) is 1. The minimum absolute atomic E-state index is 0.0542. The van der Waals surface area contributed by atoms with Gasteiger partial charge in [0.15, 0.2) is 11.5 Å². The van der Waals surface area contributed by atoms with Gasteiger partial charge in [-0.1, -0.05) is 24.3 Å². The van der Waals surface area contributed by atoms with Crippen LogP contribution in [0.15, 0.2) is 42.5 Å². The first-order valence-electron chi connectivity index (χ1n) is 6.20. The van der Waals surface area contributed by atoms with E-state index in [0.29, 0.717) is 16.8 Å². The van der Waals surface area contributed by atoms with Crippen molar-refractivity contribution >= 4 is 23.3 Å². The first kappa shape index (κ1) is 14.5. The summed E-state index contributed by atoms with van der Waals surface area (Å²) in [6, 6.07) is 11.4. The van der Waals surface area contributed by atoms with Gasteiger partial charge in [0.25, 0.3) is 0 Å². The lowest BCUT2D eigenvalue weighted by Gasteiger charge is -2.08. The Balaban J connectivity index is 2.53. The third-order valence-corrected chi connectivity index (χ3v) is 3.00. The van der Waals surface area contributed by atoms with Crippen molar-refractivity contribution in [3.05, 3.63) is 53.6 Å². The van der Waals surface area contributed by atoms with Crippen molar-refractivity contribution in [2.45, 2.75) is 0 Å². The highest BCUT2D eigenvalue weighted by Gasteiger charge is 2.13. The summed E-state index contributed by atoms with van der Waals surface area (Å²) in [7, 11) is 1.43. The van der Waals surface area contributed by atoms with Crippen LogP contribution in [0.4, 0.5) is 5.69 Å². The fourth-order valence-electron chi connectivity index (χ4n) is 1.91. The van der Waals surface area contributed by atoms with Gasteiger partial charge < -0.3 is 20.7 Å². The zero-order valence-corrected chi connectivity index (χ0v) is 11.4. The Morgan fingerprint density at radius 3 is 2.43 bits per heavy atom. The summed E-state index contributed by atoms with van der Waals surface area (Å²) in [5, 5.41) is 19.4. The van der Waals surface area contributed by atoms with Crippen LogP contribution in [0.3, 0.4) is 0 Å². The number of hydrogen-bond acceptors (Lipinski definition) is 4. The number of ether oxygens (including phenoxy) is 1. The van der Waals surface area contributed by atoms with Gasteiger partial charge in [0.05, 0.1) is 12.7 Å². The van der Waals surface area contributed by atoms with Crippen LogP contribution in [0.5, 0.6) is 11.5 Å². The average molecular weight is 285 g/mol. The van der Waals surface area contributed by atoms with Crippen LogP contribution in [-0.4, -0.2) is 23.3 Å². The summed E-state index contributed by atoms with van der Waals surface area (Å²) in [6.07, 6.45) is 1.39. The Kier molecular flexibility index (Phi) is 4.13. The molecule has 0 aliphatic heterocycles. The number of hydrogen-bond donors (Lipinski definition) is 3. The predicted molar refractivity (Wildman–Crippen MR) is 81.0 cm³/mol. The molecule has 0 aliphatic rings. The molecule has 5 nitrogen and oxygen atoms in total. The highest BCUT2D eigenvalue weighted by molar-refractivity contribution is 6.20. The van der Waals surface area contributed by atoms with E-state index in [2.05, 4.69) is 0 Å². The largest absolute Gasteiger partial charge is 0.504 e. The second-order valence-corrected chi connectivity index (χ2v) is 4.38. The van der Waals surface area contributed by atoms with Gasteiger partial charge in [-0.2, -0.15) is 0 Å². The molecular formula is C16H15NO4. The molecule has 21 heavy (non-hydrogen) atoms. The van der Waals surface area contributed by atoms with Crippen molar-refractivity contribution in [1.82, 2.24) is 0 Å². The van der Waals surface area contributed by atoms with Crippen molar-refractivity contribution < 1.29 is 19.7 Å². The van der Waals surface area contributed by atoms with Gasteiger partial charge in [-0.05, 0) is 29.8 Å². The molecule has 0 aliphatic carbocycles. The molecule has 0 atom stereocenters. The average Bonchev–Trinajstić information content (AvgIpc) is 2.47. The topological polar surface area (TPSA) is 92.8 Å². The van der Waals surface area contributed by atoms with Gasteiger partial charge in [0, 0.05) is 11.3 Å². The van der Waals surface area contributed by atoms with Gasteiger partial charge in [-0.15, -0.1) is 0 Å². The van der Waals surface area contributed by atoms with Crippen molar-refractivity contribution in [3.63, 3.8) is 0 Å². The number of anilines is 1. The third-order valence-electron chi connectivity index (χ3n) is 3.00. The van der Waals surface area contributed by atoms with E-state index in [0.717, 1.165) is 0 Å². The number of nitrogen functional groups attached to an aromatic ring is 1. The normalized spacial score (nSPS) is 11.2. The third kappa shape index (κ3) is 3.14. The van der Waals surface area contributed by atoms with Crippen LogP contribution in [-0.2, 0) is 4.79 Å². The van der Waals surface area contributed by atoms with Gasteiger partial charge in [0.1, 0.15) is 0 Å². The second-order valence-electron chi connectivity index (χ2n) is 4.38. The first-order valence-corrected chi connectivity index (χ1v) is 6.20. The van der Waals surface area contributed by atoms with E-state index in [9.17, 15) is 15.0 Å². The summed E-state index contributed by atoms with van der Waals surface area (Å²) in [5.41, 5.74) is 7.06. The Bertz CT molecular complexity index is 690. The Morgan fingerprint density at radius 1 is 1.19 bits per heavy atom. The molecule has 0 heterocycles. The quantitative estimate of drug-likeness (QED) is 0.456. The molecule has 0 amide bonds. The number of benzene rings is 2. The van der Waals surface area contributed by atoms with Gasteiger partial charge in [0.2, 0.25) is 0 Å².